The number of sulfonamides is 1. The van der Waals surface area contributed by atoms with Gasteiger partial charge in [-0.3, -0.25) is 0 Å². The number of fused-ring (bicyclic) bond motifs is 1. The second kappa shape index (κ2) is 9.49. The maximum absolute atomic E-state index is 13.5. The molecule has 0 spiro atoms. The van der Waals surface area contributed by atoms with Crippen molar-refractivity contribution < 1.29 is 17.3 Å². The van der Waals surface area contributed by atoms with Crippen LogP contribution in [0.5, 0.6) is 0 Å². The molecule has 6 rings (SSSR count). The summed E-state index contributed by atoms with van der Waals surface area (Å²) in [6.45, 7) is 0.717. The SMILES string of the molecule is O=S(=O)(Cc1noc2ccccc12)N1CCCC(c2cc(-c3ccc(F)cc3)nn2-c2ncccn2)C1. The van der Waals surface area contributed by atoms with Gasteiger partial charge in [-0.05, 0) is 61.4 Å². The normalized spacial score (nSPS) is 16.8. The molecule has 37 heavy (non-hydrogen) atoms. The van der Waals surface area contributed by atoms with Gasteiger partial charge in [-0.25, -0.2) is 31.8 Å². The summed E-state index contributed by atoms with van der Waals surface area (Å²) in [6, 6.07) is 17.0. The topological polar surface area (TPSA) is 107 Å². The molecule has 11 heteroatoms. The Morgan fingerprint density at radius 2 is 1.81 bits per heavy atom. The highest BCUT2D eigenvalue weighted by Gasteiger charge is 2.33. The Morgan fingerprint density at radius 3 is 2.62 bits per heavy atom. The van der Waals surface area contributed by atoms with Crippen molar-refractivity contribution >= 4 is 21.0 Å². The lowest BCUT2D eigenvalue weighted by Gasteiger charge is -2.31. The van der Waals surface area contributed by atoms with E-state index >= 15 is 0 Å². The molecule has 1 saturated heterocycles. The van der Waals surface area contributed by atoms with Crippen molar-refractivity contribution in [3.05, 3.63) is 90.3 Å². The number of halogens is 1. The fraction of sp³-hybridized carbons (Fsp3) is 0.231. The summed E-state index contributed by atoms with van der Waals surface area (Å²) in [5, 5.41) is 9.42. The largest absolute Gasteiger partial charge is 0.356 e. The second-order valence-electron chi connectivity index (χ2n) is 9.00. The summed E-state index contributed by atoms with van der Waals surface area (Å²) in [7, 11) is -3.66. The fourth-order valence-corrected chi connectivity index (χ4v) is 6.30. The molecular formula is C26H23FN6O3S. The summed E-state index contributed by atoms with van der Waals surface area (Å²) < 4.78 is 48.9. The first-order valence-corrected chi connectivity index (χ1v) is 13.5. The van der Waals surface area contributed by atoms with Gasteiger partial charge in [0.25, 0.3) is 5.95 Å². The molecule has 0 saturated carbocycles. The van der Waals surface area contributed by atoms with E-state index in [1.54, 1.807) is 41.3 Å². The summed E-state index contributed by atoms with van der Waals surface area (Å²) in [5.74, 6) is -0.315. The van der Waals surface area contributed by atoms with Gasteiger partial charge in [-0.2, -0.15) is 5.10 Å². The van der Waals surface area contributed by atoms with Gasteiger partial charge in [0.1, 0.15) is 17.3 Å². The van der Waals surface area contributed by atoms with Crippen LogP contribution in [0.2, 0.25) is 0 Å². The molecule has 0 amide bonds. The average molecular weight is 519 g/mol. The van der Waals surface area contributed by atoms with Gasteiger partial charge in [0.15, 0.2) is 5.58 Å². The highest BCUT2D eigenvalue weighted by Crippen LogP contribution is 2.33. The summed E-state index contributed by atoms with van der Waals surface area (Å²) in [6.07, 6.45) is 4.73. The van der Waals surface area contributed by atoms with Crippen LogP contribution in [0.4, 0.5) is 4.39 Å². The maximum atomic E-state index is 13.5. The van der Waals surface area contributed by atoms with Crippen molar-refractivity contribution in [2.45, 2.75) is 24.5 Å². The molecule has 9 nitrogen and oxygen atoms in total. The molecule has 3 aromatic heterocycles. The molecule has 2 aromatic carbocycles. The highest BCUT2D eigenvalue weighted by molar-refractivity contribution is 7.88. The standard InChI is InChI=1S/C26H23FN6O3S/c27-20-10-8-18(9-11-20)22-15-24(33(30-22)26-28-12-4-13-29-26)19-5-3-14-32(16-19)37(34,35)17-23-21-6-1-2-7-25(21)36-31-23/h1-2,4,6-13,15,19H,3,5,14,16-17H2. The zero-order valence-electron chi connectivity index (χ0n) is 19.7. The smallest absolute Gasteiger partial charge is 0.250 e. The molecule has 1 atom stereocenters. The van der Waals surface area contributed by atoms with Crippen LogP contribution in [0.15, 0.2) is 77.6 Å². The van der Waals surface area contributed by atoms with Crippen LogP contribution in [0.1, 0.15) is 30.1 Å². The van der Waals surface area contributed by atoms with Crippen molar-refractivity contribution in [3.8, 4) is 17.2 Å². The highest BCUT2D eigenvalue weighted by atomic mass is 32.2. The Labute approximate surface area is 212 Å². The van der Waals surface area contributed by atoms with Crippen LogP contribution in [0, 0.1) is 5.82 Å². The first-order chi connectivity index (χ1) is 18.0. The number of rotatable bonds is 6. The molecule has 1 fully saturated rings. The van der Waals surface area contributed by atoms with Gasteiger partial charge in [0.2, 0.25) is 10.0 Å². The number of aromatic nitrogens is 5. The average Bonchev–Trinajstić information content (AvgIpc) is 3.55. The molecule has 1 aliphatic heterocycles. The molecule has 0 bridgehead atoms. The Kier molecular flexibility index (Phi) is 6.01. The molecule has 0 N–H and O–H groups in total. The third-order valence-corrected chi connectivity index (χ3v) is 8.34. The number of benzene rings is 2. The predicted molar refractivity (Wildman–Crippen MR) is 135 cm³/mol. The molecular weight excluding hydrogens is 495 g/mol. The molecule has 0 aliphatic carbocycles. The van der Waals surface area contributed by atoms with Crippen molar-refractivity contribution in [1.29, 1.82) is 0 Å². The fourth-order valence-electron chi connectivity index (χ4n) is 4.75. The predicted octanol–water partition coefficient (Wildman–Crippen LogP) is 4.32. The number of para-hydroxylation sites is 1. The Morgan fingerprint density at radius 1 is 1.03 bits per heavy atom. The molecule has 4 heterocycles. The minimum absolute atomic E-state index is 0.136. The van der Waals surface area contributed by atoms with E-state index < -0.39 is 10.0 Å². The van der Waals surface area contributed by atoms with E-state index in [9.17, 15) is 12.8 Å². The first-order valence-electron chi connectivity index (χ1n) is 11.9. The number of hydrogen-bond donors (Lipinski definition) is 0. The number of hydrogen-bond acceptors (Lipinski definition) is 7. The number of nitrogens with zero attached hydrogens (tertiary/aromatic N) is 6. The van der Waals surface area contributed by atoms with Crippen molar-refractivity contribution in [2.75, 3.05) is 13.1 Å². The van der Waals surface area contributed by atoms with Gasteiger partial charge in [0, 0.05) is 42.4 Å². The van der Waals surface area contributed by atoms with Crippen molar-refractivity contribution in [2.24, 2.45) is 0 Å². The molecule has 1 unspecified atom stereocenters. The van der Waals surface area contributed by atoms with E-state index in [-0.39, 0.29) is 17.5 Å². The lowest BCUT2D eigenvalue weighted by atomic mass is 9.95. The van der Waals surface area contributed by atoms with Crippen molar-refractivity contribution in [3.63, 3.8) is 0 Å². The van der Waals surface area contributed by atoms with Crippen LogP contribution < -0.4 is 0 Å². The summed E-state index contributed by atoms with van der Waals surface area (Å²) >= 11 is 0. The van der Waals surface area contributed by atoms with Gasteiger partial charge in [-0.15, -0.1) is 0 Å². The molecule has 5 aromatic rings. The van der Waals surface area contributed by atoms with E-state index in [1.165, 1.54) is 16.4 Å². The monoisotopic (exact) mass is 518 g/mol. The second-order valence-corrected chi connectivity index (χ2v) is 11.0. The van der Waals surface area contributed by atoms with Crippen LogP contribution in [0.3, 0.4) is 0 Å². The zero-order chi connectivity index (χ0) is 25.4. The van der Waals surface area contributed by atoms with E-state index in [0.29, 0.717) is 47.8 Å². The molecule has 1 aliphatic rings. The third-order valence-electron chi connectivity index (χ3n) is 6.59. The zero-order valence-corrected chi connectivity index (χ0v) is 20.6. The van der Waals surface area contributed by atoms with Gasteiger partial charge < -0.3 is 4.52 Å². The third kappa shape index (κ3) is 4.63. The van der Waals surface area contributed by atoms with E-state index in [1.807, 2.05) is 24.3 Å². The van der Waals surface area contributed by atoms with Gasteiger partial charge >= 0.3 is 0 Å². The number of piperidine rings is 1. The first kappa shape index (κ1) is 23.4. The Balaban J connectivity index is 1.32. The lowest BCUT2D eigenvalue weighted by molar-refractivity contribution is 0.309. The summed E-state index contributed by atoms with van der Waals surface area (Å²) in [4.78, 5) is 8.70. The van der Waals surface area contributed by atoms with Gasteiger partial charge in [-0.1, -0.05) is 17.3 Å². The summed E-state index contributed by atoms with van der Waals surface area (Å²) in [5.41, 5.74) is 3.15. The van der Waals surface area contributed by atoms with Crippen LogP contribution in [0.25, 0.3) is 28.2 Å². The maximum Gasteiger partial charge on any atom is 0.250 e. The van der Waals surface area contributed by atoms with Gasteiger partial charge in [0.05, 0.1) is 11.4 Å². The van der Waals surface area contributed by atoms with E-state index in [0.717, 1.165) is 17.7 Å². The molecule has 188 valence electrons. The van der Waals surface area contributed by atoms with Crippen molar-refractivity contribution in [1.82, 2.24) is 29.2 Å². The van der Waals surface area contributed by atoms with Crippen LogP contribution in [-0.2, 0) is 15.8 Å². The lowest BCUT2D eigenvalue weighted by Crippen LogP contribution is -2.40. The van der Waals surface area contributed by atoms with E-state index in [2.05, 4.69) is 15.1 Å². The van der Waals surface area contributed by atoms with E-state index in [4.69, 9.17) is 9.62 Å². The molecule has 0 radical (unpaired) electrons. The minimum atomic E-state index is -3.66. The Hall–Kier alpha value is -3.96. The quantitative estimate of drug-likeness (QED) is 0.330. The minimum Gasteiger partial charge on any atom is -0.356 e. The Bertz CT molecular complexity index is 1650. The van der Waals surface area contributed by atoms with Crippen LogP contribution >= 0.6 is 0 Å². The van der Waals surface area contributed by atoms with Crippen LogP contribution in [-0.4, -0.2) is 50.7 Å².